The summed E-state index contributed by atoms with van der Waals surface area (Å²) < 4.78 is 5.67. The molecule has 0 saturated carbocycles. The van der Waals surface area contributed by atoms with Gasteiger partial charge in [0.15, 0.2) is 0 Å². The van der Waals surface area contributed by atoms with Gasteiger partial charge >= 0.3 is 0 Å². The van der Waals surface area contributed by atoms with E-state index in [-0.39, 0.29) is 12.3 Å². The molecular formula is C15H14ClNO4. The predicted molar refractivity (Wildman–Crippen MR) is 80.0 cm³/mol. The van der Waals surface area contributed by atoms with Crippen LogP contribution in [0.15, 0.2) is 30.3 Å². The smallest absolute Gasteiger partial charge is 0.276 e. The Morgan fingerprint density at radius 1 is 1.19 bits per heavy atom. The zero-order valence-corrected chi connectivity index (χ0v) is 12.3. The lowest BCUT2D eigenvalue weighted by Gasteiger charge is -2.11. The fraction of sp³-hybridized carbons (Fsp3) is 0.200. The molecule has 0 aromatic heterocycles. The Kier molecular flexibility index (Phi) is 4.45. The van der Waals surface area contributed by atoms with Crippen LogP contribution in [0, 0.1) is 24.0 Å². The summed E-state index contributed by atoms with van der Waals surface area (Å²) in [5, 5.41) is 20.4. The standard InChI is InChI=1S/C15H14ClNO4/c1-9-5-10(2)15(7-13(9)17(19)20)21-14-4-3-11(8-18)6-12(14)16/h3-7,18H,8H2,1-2H3. The Morgan fingerprint density at radius 2 is 1.90 bits per heavy atom. The molecule has 2 rings (SSSR count). The van der Waals surface area contributed by atoms with Gasteiger partial charge in [0.1, 0.15) is 11.5 Å². The highest BCUT2D eigenvalue weighted by Crippen LogP contribution is 2.35. The summed E-state index contributed by atoms with van der Waals surface area (Å²) in [6.45, 7) is 3.37. The molecule has 2 aromatic carbocycles. The van der Waals surface area contributed by atoms with Crippen molar-refractivity contribution in [2.45, 2.75) is 20.5 Å². The van der Waals surface area contributed by atoms with E-state index in [9.17, 15) is 10.1 Å². The number of nitro groups is 1. The number of benzene rings is 2. The molecule has 0 aliphatic carbocycles. The molecule has 2 aromatic rings. The molecule has 0 fully saturated rings. The number of hydrogen-bond donors (Lipinski definition) is 1. The Balaban J connectivity index is 2.39. The first-order chi connectivity index (χ1) is 9.92. The molecule has 0 aliphatic heterocycles. The van der Waals surface area contributed by atoms with Crippen molar-refractivity contribution in [1.82, 2.24) is 0 Å². The molecule has 6 heteroatoms. The van der Waals surface area contributed by atoms with Crippen LogP contribution in [0.1, 0.15) is 16.7 Å². The minimum absolute atomic E-state index is 0.00120. The average Bonchev–Trinajstić information content (AvgIpc) is 2.43. The van der Waals surface area contributed by atoms with E-state index >= 15 is 0 Å². The number of aliphatic hydroxyl groups is 1. The number of halogens is 1. The van der Waals surface area contributed by atoms with Gasteiger partial charge in [0.25, 0.3) is 5.69 Å². The Bertz CT molecular complexity index is 700. The van der Waals surface area contributed by atoms with Crippen LogP contribution in [0.2, 0.25) is 5.02 Å². The van der Waals surface area contributed by atoms with Crippen LogP contribution in [-0.2, 0) is 6.61 Å². The van der Waals surface area contributed by atoms with Crippen molar-refractivity contribution in [1.29, 1.82) is 0 Å². The largest absolute Gasteiger partial charge is 0.455 e. The number of ether oxygens (including phenoxy) is 1. The maximum Gasteiger partial charge on any atom is 0.276 e. The summed E-state index contributed by atoms with van der Waals surface area (Å²) in [7, 11) is 0. The monoisotopic (exact) mass is 307 g/mol. The third-order valence-corrected chi connectivity index (χ3v) is 3.38. The van der Waals surface area contributed by atoms with Crippen LogP contribution >= 0.6 is 11.6 Å². The maximum absolute atomic E-state index is 11.0. The van der Waals surface area contributed by atoms with Crippen molar-refractivity contribution in [3.63, 3.8) is 0 Å². The molecule has 1 N–H and O–H groups in total. The minimum atomic E-state index is -0.446. The molecular weight excluding hydrogens is 294 g/mol. The Morgan fingerprint density at radius 3 is 2.48 bits per heavy atom. The molecule has 0 atom stereocenters. The van der Waals surface area contributed by atoms with Gasteiger partial charge in [-0.3, -0.25) is 10.1 Å². The van der Waals surface area contributed by atoms with Gasteiger partial charge < -0.3 is 9.84 Å². The van der Waals surface area contributed by atoms with Crippen molar-refractivity contribution in [2.24, 2.45) is 0 Å². The van der Waals surface area contributed by atoms with Gasteiger partial charge in [-0.1, -0.05) is 17.7 Å². The summed E-state index contributed by atoms with van der Waals surface area (Å²) in [6, 6.07) is 7.98. The normalized spacial score (nSPS) is 10.5. The molecule has 0 aliphatic rings. The van der Waals surface area contributed by atoms with Crippen LogP contribution in [-0.4, -0.2) is 10.0 Å². The Labute approximate surface area is 126 Å². The van der Waals surface area contributed by atoms with Crippen molar-refractivity contribution >= 4 is 17.3 Å². The molecule has 0 unspecified atom stereocenters. The number of aryl methyl sites for hydroxylation is 2. The Hall–Kier alpha value is -2.11. The second-order valence-corrected chi connectivity index (χ2v) is 5.09. The number of aliphatic hydroxyl groups excluding tert-OH is 1. The predicted octanol–water partition coefficient (Wildman–Crippen LogP) is 4.15. The van der Waals surface area contributed by atoms with E-state index in [1.807, 2.05) is 6.92 Å². The van der Waals surface area contributed by atoms with E-state index < -0.39 is 4.92 Å². The number of nitrogens with zero attached hydrogens (tertiary/aromatic N) is 1. The quantitative estimate of drug-likeness (QED) is 0.680. The summed E-state index contributed by atoms with van der Waals surface area (Å²) in [4.78, 5) is 10.5. The van der Waals surface area contributed by atoms with Gasteiger partial charge in [-0.15, -0.1) is 0 Å². The van der Waals surface area contributed by atoms with E-state index in [4.69, 9.17) is 21.4 Å². The molecule has 110 valence electrons. The fourth-order valence-corrected chi connectivity index (χ4v) is 2.21. The lowest BCUT2D eigenvalue weighted by atomic mass is 10.1. The first kappa shape index (κ1) is 15.3. The zero-order chi connectivity index (χ0) is 15.6. The van der Waals surface area contributed by atoms with Crippen LogP contribution in [0.25, 0.3) is 0 Å². The van der Waals surface area contributed by atoms with Gasteiger partial charge in [-0.2, -0.15) is 0 Å². The van der Waals surface area contributed by atoms with Gasteiger partial charge in [-0.05, 0) is 43.2 Å². The summed E-state index contributed by atoms with van der Waals surface area (Å²) in [6.07, 6.45) is 0. The van der Waals surface area contributed by atoms with Crippen LogP contribution in [0.4, 0.5) is 5.69 Å². The lowest BCUT2D eigenvalue weighted by Crippen LogP contribution is -1.96. The number of hydrogen-bond acceptors (Lipinski definition) is 4. The summed E-state index contributed by atoms with van der Waals surface area (Å²) >= 11 is 6.07. The molecule has 0 spiro atoms. The molecule has 0 heterocycles. The first-order valence-corrected chi connectivity index (χ1v) is 6.63. The SMILES string of the molecule is Cc1cc(C)c([N+](=O)[O-])cc1Oc1ccc(CO)cc1Cl. The average molecular weight is 308 g/mol. The fourth-order valence-electron chi connectivity index (χ4n) is 1.97. The van der Waals surface area contributed by atoms with E-state index in [0.29, 0.717) is 27.6 Å². The maximum atomic E-state index is 11.0. The highest BCUT2D eigenvalue weighted by molar-refractivity contribution is 6.32. The minimum Gasteiger partial charge on any atom is -0.455 e. The summed E-state index contributed by atoms with van der Waals surface area (Å²) in [5.74, 6) is 0.765. The molecule has 0 radical (unpaired) electrons. The molecule has 21 heavy (non-hydrogen) atoms. The van der Waals surface area contributed by atoms with Crippen LogP contribution in [0.5, 0.6) is 11.5 Å². The highest BCUT2D eigenvalue weighted by atomic mass is 35.5. The first-order valence-electron chi connectivity index (χ1n) is 6.25. The van der Waals surface area contributed by atoms with Crippen molar-refractivity contribution in [3.8, 4) is 11.5 Å². The third-order valence-electron chi connectivity index (χ3n) is 3.09. The van der Waals surface area contributed by atoms with Crippen molar-refractivity contribution < 1.29 is 14.8 Å². The summed E-state index contributed by atoms with van der Waals surface area (Å²) in [5.41, 5.74) is 2.02. The van der Waals surface area contributed by atoms with E-state index in [0.717, 1.165) is 5.56 Å². The number of nitro benzene ring substituents is 1. The molecule has 0 bridgehead atoms. The highest BCUT2D eigenvalue weighted by Gasteiger charge is 2.15. The number of rotatable bonds is 4. The lowest BCUT2D eigenvalue weighted by molar-refractivity contribution is -0.385. The molecule has 5 nitrogen and oxygen atoms in total. The van der Waals surface area contributed by atoms with E-state index in [1.54, 1.807) is 31.2 Å². The van der Waals surface area contributed by atoms with E-state index in [1.165, 1.54) is 6.07 Å². The van der Waals surface area contributed by atoms with E-state index in [2.05, 4.69) is 0 Å². The van der Waals surface area contributed by atoms with Crippen molar-refractivity contribution in [2.75, 3.05) is 0 Å². The topological polar surface area (TPSA) is 72.6 Å². The van der Waals surface area contributed by atoms with Crippen LogP contribution < -0.4 is 4.74 Å². The second kappa shape index (κ2) is 6.11. The molecule has 0 saturated heterocycles. The molecule has 0 amide bonds. The van der Waals surface area contributed by atoms with Gasteiger partial charge in [0.05, 0.1) is 22.6 Å². The van der Waals surface area contributed by atoms with Gasteiger partial charge in [0, 0.05) is 5.56 Å². The second-order valence-electron chi connectivity index (χ2n) is 4.69. The van der Waals surface area contributed by atoms with Gasteiger partial charge in [0.2, 0.25) is 0 Å². The van der Waals surface area contributed by atoms with Crippen molar-refractivity contribution in [3.05, 3.63) is 62.2 Å². The zero-order valence-electron chi connectivity index (χ0n) is 11.6. The van der Waals surface area contributed by atoms with Crippen LogP contribution in [0.3, 0.4) is 0 Å². The van der Waals surface area contributed by atoms with Gasteiger partial charge in [-0.25, -0.2) is 0 Å². The third kappa shape index (κ3) is 3.32.